The molecule has 1 rings (SSSR count). The van der Waals surface area contributed by atoms with Crippen LogP contribution in [0.3, 0.4) is 0 Å². The Hall–Kier alpha value is -0.620. The summed E-state index contributed by atoms with van der Waals surface area (Å²) < 4.78 is 21.5. The summed E-state index contributed by atoms with van der Waals surface area (Å²) in [6.45, 7) is 0.766. The van der Waals surface area contributed by atoms with Gasteiger partial charge < -0.3 is 10.6 Å². The molecule has 0 aliphatic heterocycles. The van der Waals surface area contributed by atoms with Crippen molar-refractivity contribution in [3.8, 4) is 0 Å². The van der Waals surface area contributed by atoms with Crippen LogP contribution in [0.25, 0.3) is 0 Å². The van der Waals surface area contributed by atoms with Crippen molar-refractivity contribution < 1.29 is 13.2 Å². The maximum atomic E-state index is 11.2. The first-order valence-corrected chi connectivity index (χ1v) is 7.21. The first-order valence-electron chi connectivity index (χ1n) is 5.15. The van der Waals surface area contributed by atoms with Gasteiger partial charge in [-0.3, -0.25) is 4.79 Å². The molecule has 0 unspecified atom stereocenters. The first kappa shape index (κ1) is 12.4. The molecular weight excluding hydrogens is 216 g/mol. The summed E-state index contributed by atoms with van der Waals surface area (Å²) >= 11 is 0. The van der Waals surface area contributed by atoms with Crippen molar-refractivity contribution in [1.82, 2.24) is 10.6 Å². The Balaban J connectivity index is 1.96. The molecule has 0 atom stereocenters. The zero-order valence-electron chi connectivity index (χ0n) is 8.95. The third-order valence-corrected chi connectivity index (χ3v) is 3.17. The number of carbonyl (C=O) groups excluding carboxylic acids is 1. The van der Waals surface area contributed by atoms with Gasteiger partial charge in [0.05, 0.1) is 12.3 Å². The minimum absolute atomic E-state index is 0.0598. The minimum Gasteiger partial charge on any atom is -0.355 e. The molecule has 88 valence electrons. The Morgan fingerprint density at radius 3 is 2.60 bits per heavy atom. The van der Waals surface area contributed by atoms with Crippen LogP contribution in [0.4, 0.5) is 0 Å². The number of nitrogens with one attached hydrogen (secondary N) is 2. The smallest absolute Gasteiger partial charge is 0.233 e. The second kappa shape index (κ2) is 5.46. The zero-order chi connectivity index (χ0) is 11.3. The summed E-state index contributed by atoms with van der Waals surface area (Å²) in [5.74, 6) is 0.0685. The Morgan fingerprint density at radius 2 is 2.07 bits per heavy atom. The van der Waals surface area contributed by atoms with E-state index in [4.69, 9.17) is 0 Å². The average molecular weight is 234 g/mol. The van der Waals surface area contributed by atoms with Crippen molar-refractivity contribution in [3.05, 3.63) is 0 Å². The van der Waals surface area contributed by atoms with Crippen molar-refractivity contribution in [2.45, 2.75) is 25.3 Å². The summed E-state index contributed by atoms with van der Waals surface area (Å²) in [7, 11) is -2.90. The molecule has 1 aliphatic rings. The molecule has 0 spiro atoms. The minimum atomic E-state index is -2.90. The van der Waals surface area contributed by atoms with Gasteiger partial charge in [-0.25, -0.2) is 8.42 Å². The summed E-state index contributed by atoms with van der Waals surface area (Å²) in [5.41, 5.74) is 0. The monoisotopic (exact) mass is 234 g/mol. The molecule has 1 fully saturated rings. The highest BCUT2D eigenvalue weighted by Crippen LogP contribution is 2.17. The van der Waals surface area contributed by atoms with Crippen molar-refractivity contribution in [2.24, 2.45) is 0 Å². The number of sulfone groups is 1. The van der Waals surface area contributed by atoms with E-state index in [0.29, 0.717) is 25.6 Å². The quantitative estimate of drug-likeness (QED) is 0.571. The lowest BCUT2D eigenvalue weighted by Gasteiger charge is -2.05. The lowest BCUT2D eigenvalue weighted by molar-refractivity contribution is -0.120. The Labute approximate surface area is 90.5 Å². The summed E-state index contributed by atoms with van der Waals surface area (Å²) in [5, 5.41) is 5.76. The van der Waals surface area contributed by atoms with E-state index in [1.54, 1.807) is 0 Å². The lowest BCUT2D eigenvalue weighted by atomic mass is 10.4. The van der Waals surface area contributed by atoms with E-state index < -0.39 is 9.84 Å². The van der Waals surface area contributed by atoms with E-state index in [2.05, 4.69) is 10.6 Å². The molecule has 0 heterocycles. The van der Waals surface area contributed by atoms with Gasteiger partial charge in [-0.05, 0) is 19.3 Å². The first-order chi connectivity index (χ1) is 6.97. The Bertz CT molecular complexity index is 309. The molecular formula is C9H18N2O3S. The Kier molecular flexibility index (Phi) is 4.53. The van der Waals surface area contributed by atoms with Crippen molar-refractivity contribution in [3.63, 3.8) is 0 Å². The topological polar surface area (TPSA) is 75.3 Å². The fourth-order valence-electron chi connectivity index (χ4n) is 1.15. The highest BCUT2D eigenvalue weighted by Gasteiger charge is 2.20. The highest BCUT2D eigenvalue weighted by molar-refractivity contribution is 7.90. The van der Waals surface area contributed by atoms with E-state index in [1.165, 1.54) is 6.26 Å². The van der Waals surface area contributed by atoms with E-state index in [-0.39, 0.29) is 11.7 Å². The molecule has 15 heavy (non-hydrogen) atoms. The van der Waals surface area contributed by atoms with Gasteiger partial charge in [-0.1, -0.05) is 0 Å². The molecule has 0 aromatic heterocycles. The predicted octanol–water partition coefficient (Wildman–Crippen LogP) is -0.711. The normalized spacial score (nSPS) is 16.3. The van der Waals surface area contributed by atoms with E-state index in [1.807, 2.05) is 0 Å². The van der Waals surface area contributed by atoms with Crippen LogP contribution in [0.5, 0.6) is 0 Å². The third kappa shape index (κ3) is 7.33. The zero-order valence-corrected chi connectivity index (χ0v) is 9.77. The lowest BCUT2D eigenvalue weighted by Crippen LogP contribution is -2.35. The van der Waals surface area contributed by atoms with Gasteiger partial charge in [0.15, 0.2) is 0 Å². The van der Waals surface area contributed by atoms with Crippen LogP contribution >= 0.6 is 0 Å². The second-order valence-corrected chi connectivity index (χ2v) is 6.25. The van der Waals surface area contributed by atoms with Gasteiger partial charge >= 0.3 is 0 Å². The molecule has 2 N–H and O–H groups in total. The van der Waals surface area contributed by atoms with Gasteiger partial charge in [0.2, 0.25) is 5.91 Å². The maximum Gasteiger partial charge on any atom is 0.233 e. The molecule has 0 saturated heterocycles. The van der Waals surface area contributed by atoms with Gasteiger partial charge in [0.25, 0.3) is 0 Å². The summed E-state index contributed by atoms with van der Waals surface area (Å²) in [6.07, 6.45) is 3.99. The average Bonchev–Trinajstić information content (AvgIpc) is 2.91. The van der Waals surface area contributed by atoms with Crippen LogP contribution in [-0.2, 0) is 14.6 Å². The van der Waals surface area contributed by atoms with E-state index in [9.17, 15) is 13.2 Å². The fourth-order valence-corrected chi connectivity index (χ4v) is 1.82. The predicted molar refractivity (Wildman–Crippen MR) is 58.4 cm³/mol. The van der Waals surface area contributed by atoms with Crippen LogP contribution in [0.2, 0.25) is 0 Å². The molecule has 0 aromatic rings. The van der Waals surface area contributed by atoms with Crippen LogP contribution in [0, 0.1) is 0 Å². The van der Waals surface area contributed by atoms with Gasteiger partial charge in [0, 0.05) is 18.8 Å². The van der Waals surface area contributed by atoms with E-state index >= 15 is 0 Å². The molecule has 1 aliphatic carbocycles. The van der Waals surface area contributed by atoms with Crippen molar-refractivity contribution in [1.29, 1.82) is 0 Å². The van der Waals surface area contributed by atoms with Gasteiger partial charge in [-0.15, -0.1) is 0 Å². The SMILES string of the molecule is CS(=O)(=O)CCCNC(=O)CNC1CC1. The molecule has 0 bridgehead atoms. The molecule has 0 radical (unpaired) electrons. The van der Waals surface area contributed by atoms with Crippen LogP contribution in [0.15, 0.2) is 0 Å². The van der Waals surface area contributed by atoms with E-state index in [0.717, 1.165) is 12.8 Å². The standard InChI is InChI=1S/C9H18N2O3S/c1-15(13,14)6-2-5-10-9(12)7-11-8-3-4-8/h8,11H,2-7H2,1H3,(H,10,12). The van der Waals surface area contributed by atoms with Crippen LogP contribution < -0.4 is 10.6 Å². The van der Waals surface area contributed by atoms with Gasteiger partial charge in [0.1, 0.15) is 9.84 Å². The highest BCUT2D eigenvalue weighted by atomic mass is 32.2. The largest absolute Gasteiger partial charge is 0.355 e. The number of rotatable bonds is 7. The summed E-state index contributed by atoms with van der Waals surface area (Å²) in [4.78, 5) is 11.2. The number of amides is 1. The van der Waals surface area contributed by atoms with Crippen molar-refractivity contribution in [2.75, 3.05) is 25.1 Å². The maximum absolute atomic E-state index is 11.2. The summed E-state index contributed by atoms with van der Waals surface area (Å²) in [6, 6.07) is 0.520. The molecule has 1 amide bonds. The number of carbonyl (C=O) groups is 1. The fraction of sp³-hybridized carbons (Fsp3) is 0.889. The molecule has 0 aromatic carbocycles. The molecule has 5 nitrogen and oxygen atoms in total. The van der Waals surface area contributed by atoms with Crippen LogP contribution in [0.1, 0.15) is 19.3 Å². The third-order valence-electron chi connectivity index (χ3n) is 2.14. The molecule has 1 saturated carbocycles. The van der Waals surface area contributed by atoms with Gasteiger partial charge in [-0.2, -0.15) is 0 Å². The second-order valence-electron chi connectivity index (χ2n) is 3.99. The van der Waals surface area contributed by atoms with Crippen molar-refractivity contribution >= 4 is 15.7 Å². The number of hydrogen-bond donors (Lipinski definition) is 2. The van der Waals surface area contributed by atoms with Crippen LogP contribution in [-0.4, -0.2) is 45.5 Å². The molecule has 6 heteroatoms. The number of hydrogen-bond acceptors (Lipinski definition) is 4. The Morgan fingerprint density at radius 1 is 1.40 bits per heavy atom.